The molecule has 236 valence electrons. The molecule has 2 saturated heterocycles. The van der Waals surface area contributed by atoms with Crippen molar-refractivity contribution in [3.8, 4) is 17.6 Å². The molecule has 1 spiro atoms. The van der Waals surface area contributed by atoms with Crippen LogP contribution < -0.4 is 16.0 Å². The SMILES string of the molecule is CN1CC2(COC2)C1.CNC(=O)c1ccc(NCC#Cc2cc3c(NC4CCCCC4)cccc3n2CC(F)(F)F)c(O)c1. The number of ether oxygens (including phenoxy) is 1. The van der Waals surface area contributed by atoms with Gasteiger partial charge in [0.2, 0.25) is 0 Å². The van der Waals surface area contributed by atoms with Crippen LogP contribution >= 0.6 is 0 Å². The Hall–Kier alpha value is -3.88. The molecular formula is C33H40F3N5O3. The van der Waals surface area contributed by atoms with Crippen LogP contribution in [0.25, 0.3) is 10.9 Å². The summed E-state index contributed by atoms with van der Waals surface area (Å²) < 4.78 is 46.5. The number of anilines is 2. The molecule has 6 rings (SSSR count). The first kappa shape index (κ1) is 31.5. The molecular weight excluding hydrogens is 571 g/mol. The molecule has 8 nitrogen and oxygen atoms in total. The van der Waals surface area contributed by atoms with Crippen LogP contribution in [0.15, 0.2) is 42.5 Å². The molecule has 2 aromatic carbocycles. The van der Waals surface area contributed by atoms with Gasteiger partial charge in [0, 0.05) is 48.2 Å². The van der Waals surface area contributed by atoms with Crippen molar-refractivity contribution in [3.05, 3.63) is 53.7 Å². The van der Waals surface area contributed by atoms with Crippen LogP contribution in [0, 0.1) is 17.3 Å². The summed E-state index contributed by atoms with van der Waals surface area (Å²) in [5.74, 6) is 5.27. The highest BCUT2D eigenvalue weighted by Gasteiger charge is 2.47. The quantitative estimate of drug-likeness (QED) is 0.220. The summed E-state index contributed by atoms with van der Waals surface area (Å²) in [7, 11) is 3.65. The highest BCUT2D eigenvalue weighted by Crippen LogP contribution is 2.36. The second kappa shape index (κ2) is 13.4. The number of rotatable bonds is 6. The molecule has 1 saturated carbocycles. The molecule has 0 atom stereocenters. The Labute approximate surface area is 255 Å². The first-order chi connectivity index (χ1) is 21.1. The molecule has 3 heterocycles. The van der Waals surface area contributed by atoms with Gasteiger partial charge >= 0.3 is 6.18 Å². The van der Waals surface area contributed by atoms with Crippen molar-refractivity contribution in [1.29, 1.82) is 0 Å². The van der Waals surface area contributed by atoms with E-state index in [4.69, 9.17) is 4.74 Å². The number of hydrogen-bond donors (Lipinski definition) is 4. The maximum absolute atomic E-state index is 13.4. The topological polar surface area (TPSA) is 90.8 Å². The highest BCUT2D eigenvalue weighted by molar-refractivity contribution is 5.95. The van der Waals surface area contributed by atoms with Crippen molar-refractivity contribution in [2.45, 2.75) is 50.9 Å². The predicted octanol–water partition coefficient (Wildman–Crippen LogP) is 5.43. The van der Waals surface area contributed by atoms with Crippen LogP contribution in [0.3, 0.4) is 0 Å². The lowest BCUT2D eigenvalue weighted by molar-refractivity contribution is -0.182. The number of aromatic nitrogens is 1. The van der Waals surface area contributed by atoms with Gasteiger partial charge in [-0.3, -0.25) is 4.79 Å². The number of likely N-dealkylation sites (tertiary alicyclic amines) is 1. The summed E-state index contributed by atoms with van der Waals surface area (Å²) in [6, 6.07) is 11.8. The maximum Gasteiger partial charge on any atom is 0.406 e. The minimum atomic E-state index is -4.40. The Balaban J connectivity index is 0.000000410. The Kier molecular flexibility index (Phi) is 9.61. The molecule has 4 N–H and O–H groups in total. The van der Waals surface area contributed by atoms with Crippen molar-refractivity contribution >= 4 is 28.2 Å². The van der Waals surface area contributed by atoms with Crippen molar-refractivity contribution in [1.82, 2.24) is 14.8 Å². The number of carbonyl (C=O) groups excluding carboxylic acids is 1. The number of alkyl halides is 3. The van der Waals surface area contributed by atoms with Gasteiger partial charge in [-0.1, -0.05) is 31.2 Å². The normalized spacial score (nSPS) is 17.8. The molecule has 3 aliphatic rings. The fourth-order valence-electron chi connectivity index (χ4n) is 6.24. The number of benzene rings is 2. The summed E-state index contributed by atoms with van der Waals surface area (Å²) in [5, 5.41) is 19.8. The summed E-state index contributed by atoms with van der Waals surface area (Å²) in [4.78, 5) is 14.0. The Morgan fingerprint density at radius 3 is 2.43 bits per heavy atom. The zero-order chi connectivity index (χ0) is 31.3. The van der Waals surface area contributed by atoms with Gasteiger partial charge in [-0.25, -0.2) is 0 Å². The molecule has 0 radical (unpaired) electrons. The van der Waals surface area contributed by atoms with E-state index in [-0.39, 0.29) is 23.9 Å². The van der Waals surface area contributed by atoms with Crippen molar-refractivity contribution in [2.75, 3.05) is 57.6 Å². The van der Waals surface area contributed by atoms with E-state index in [1.54, 1.807) is 30.3 Å². The second-order valence-electron chi connectivity index (χ2n) is 12.1. The minimum Gasteiger partial charge on any atom is -0.506 e. The van der Waals surface area contributed by atoms with Gasteiger partial charge in [-0.2, -0.15) is 13.2 Å². The number of phenols is 1. The van der Waals surface area contributed by atoms with Crippen LogP contribution in [-0.4, -0.2) is 79.6 Å². The highest BCUT2D eigenvalue weighted by atomic mass is 19.4. The zero-order valence-corrected chi connectivity index (χ0v) is 25.2. The molecule has 2 aliphatic heterocycles. The molecule has 44 heavy (non-hydrogen) atoms. The third kappa shape index (κ3) is 7.60. The molecule has 1 amide bonds. The van der Waals surface area contributed by atoms with E-state index in [1.165, 1.54) is 37.2 Å². The first-order valence-electron chi connectivity index (χ1n) is 15.1. The fraction of sp³-hybridized carbons (Fsp3) is 0.485. The monoisotopic (exact) mass is 611 g/mol. The van der Waals surface area contributed by atoms with Gasteiger partial charge in [0.1, 0.15) is 12.3 Å². The number of nitrogens with zero attached hydrogens (tertiary/aromatic N) is 2. The number of amides is 1. The average Bonchev–Trinajstić information content (AvgIpc) is 3.30. The third-order valence-corrected chi connectivity index (χ3v) is 8.35. The van der Waals surface area contributed by atoms with Gasteiger partial charge in [0.15, 0.2) is 0 Å². The Morgan fingerprint density at radius 1 is 1.09 bits per heavy atom. The van der Waals surface area contributed by atoms with Crippen LogP contribution in [0.1, 0.15) is 48.2 Å². The summed E-state index contributed by atoms with van der Waals surface area (Å²) in [5.41, 5.74) is 2.86. The lowest BCUT2D eigenvalue weighted by Gasteiger charge is -2.53. The predicted molar refractivity (Wildman–Crippen MR) is 166 cm³/mol. The van der Waals surface area contributed by atoms with E-state index in [1.807, 2.05) is 6.07 Å². The van der Waals surface area contributed by atoms with Crippen LogP contribution in [0.4, 0.5) is 24.5 Å². The van der Waals surface area contributed by atoms with E-state index < -0.39 is 12.7 Å². The smallest absolute Gasteiger partial charge is 0.406 e. The summed E-state index contributed by atoms with van der Waals surface area (Å²) in [6.07, 6.45) is 1.22. The zero-order valence-electron chi connectivity index (χ0n) is 25.2. The van der Waals surface area contributed by atoms with Gasteiger partial charge < -0.3 is 35.3 Å². The van der Waals surface area contributed by atoms with Crippen molar-refractivity contribution in [3.63, 3.8) is 0 Å². The molecule has 1 aliphatic carbocycles. The van der Waals surface area contributed by atoms with Crippen LogP contribution in [-0.2, 0) is 11.3 Å². The summed E-state index contributed by atoms with van der Waals surface area (Å²) in [6.45, 7) is 3.49. The number of halogens is 3. The number of phenolic OH excluding ortho intramolecular Hbond substituents is 1. The van der Waals surface area contributed by atoms with Crippen molar-refractivity contribution < 1.29 is 27.8 Å². The van der Waals surface area contributed by atoms with E-state index in [2.05, 4.69) is 39.7 Å². The van der Waals surface area contributed by atoms with E-state index >= 15 is 0 Å². The number of nitrogens with one attached hydrogen (secondary N) is 3. The lowest BCUT2D eigenvalue weighted by atomic mass is 9.79. The molecule has 11 heteroatoms. The number of fused-ring (bicyclic) bond motifs is 1. The van der Waals surface area contributed by atoms with Gasteiger partial charge in [0.05, 0.1) is 36.7 Å². The molecule has 3 fully saturated rings. The largest absolute Gasteiger partial charge is 0.506 e. The van der Waals surface area contributed by atoms with Crippen LogP contribution in [0.2, 0.25) is 0 Å². The third-order valence-electron chi connectivity index (χ3n) is 8.35. The van der Waals surface area contributed by atoms with Crippen molar-refractivity contribution in [2.24, 2.45) is 5.41 Å². The van der Waals surface area contributed by atoms with Gasteiger partial charge in [-0.05, 0) is 62.2 Å². The summed E-state index contributed by atoms with van der Waals surface area (Å²) >= 11 is 0. The second-order valence-corrected chi connectivity index (χ2v) is 12.1. The molecule has 1 aromatic heterocycles. The van der Waals surface area contributed by atoms with Gasteiger partial charge in [0.25, 0.3) is 5.91 Å². The van der Waals surface area contributed by atoms with Gasteiger partial charge in [-0.15, -0.1) is 0 Å². The van der Waals surface area contributed by atoms with E-state index in [0.717, 1.165) is 44.6 Å². The first-order valence-corrected chi connectivity index (χ1v) is 15.1. The molecule has 0 bridgehead atoms. The lowest BCUT2D eigenvalue weighted by Crippen LogP contribution is -2.64. The number of carbonyl (C=O) groups is 1. The van der Waals surface area contributed by atoms with E-state index in [9.17, 15) is 23.1 Å². The standard InChI is InChI=1S/C27H29F3N4O2.C6H11NO/c1-31-26(36)18-12-13-23(25(35)15-18)32-14-6-9-20-16-21-22(33-19-7-3-2-4-8-19)10-5-11-24(21)34(20)17-27(28,29)30;1-7-2-6(3-7)4-8-5-6/h5,10-13,15-16,19,32-33,35H,2-4,7-8,14,17H2,1H3,(H,31,36);2-5H2,1H3. The number of hydrogen-bond acceptors (Lipinski definition) is 6. The molecule has 0 unspecified atom stereocenters. The minimum absolute atomic E-state index is 0.0909. The van der Waals surface area contributed by atoms with E-state index in [0.29, 0.717) is 33.6 Å². The van der Waals surface area contributed by atoms with Crippen LogP contribution in [0.5, 0.6) is 5.75 Å². The maximum atomic E-state index is 13.4. The average molecular weight is 612 g/mol. The Bertz CT molecular complexity index is 1520. The Morgan fingerprint density at radius 2 is 1.84 bits per heavy atom. The number of aromatic hydroxyl groups is 1. The molecule has 3 aromatic rings. The fourth-order valence-corrected chi connectivity index (χ4v) is 6.24.